The minimum atomic E-state index is -1.02. The molecule has 0 aliphatic rings. The van der Waals surface area contributed by atoms with Crippen molar-refractivity contribution in [3.05, 3.63) is 36.5 Å². The molecular formula is C18H24N4O3. The molecule has 1 aromatic carbocycles. The van der Waals surface area contributed by atoms with Gasteiger partial charge in [-0.25, -0.2) is 9.78 Å². The first-order chi connectivity index (χ1) is 11.7. The molecule has 25 heavy (non-hydrogen) atoms. The average molecular weight is 344 g/mol. The number of hydrogen-bond donors (Lipinski definition) is 3. The number of carboxylic acid groups (broad SMARTS) is 1. The number of anilines is 3. The van der Waals surface area contributed by atoms with E-state index in [1.165, 1.54) is 11.1 Å². The summed E-state index contributed by atoms with van der Waals surface area (Å²) in [5.74, 6) is 0.868. The monoisotopic (exact) mass is 344 g/mol. The standard InChI is InChI=1S/C18H24N4O3/c1-5-20-15-10-16(21-11-14(15)19)25-13-8-6-7-12(9-13)22(17(23)24)18(2,3)4/h6-11H,5,19H2,1-4H3,(H,20,21)(H,23,24). The number of nitrogen functional groups attached to an aromatic ring is 1. The van der Waals surface area contributed by atoms with Crippen LogP contribution >= 0.6 is 0 Å². The molecule has 0 saturated carbocycles. The molecule has 0 unspecified atom stereocenters. The molecule has 0 atom stereocenters. The lowest BCUT2D eigenvalue weighted by atomic mass is 10.1. The maximum Gasteiger partial charge on any atom is 0.412 e. The number of rotatable bonds is 5. The summed E-state index contributed by atoms with van der Waals surface area (Å²) in [4.78, 5) is 17.1. The van der Waals surface area contributed by atoms with Crippen molar-refractivity contribution in [2.75, 3.05) is 22.5 Å². The van der Waals surface area contributed by atoms with E-state index in [4.69, 9.17) is 10.5 Å². The van der Waals surface area contributed by atoms with Gasteiger partial charge in [0.25, 0.3) is 0 Å². The number of amides is 1. The van der Waals surface area contributed by atoms with Gasteiger partial charge in [0.2, 0.25) is 5.88 Å². The van der Waals surface area contributed by atoms with Crippen molar-refractivity contribution in [2.24, 2.45) is 0 Å². The molecule has 0 spiro atoms. The smallest absolute Gasteiger partial charge is 0.412 e. The highest BCUT2D eigenvalue weighted by atomic mass is 16.5. The van der Waals surface area contributed by atoms with E-state index >= 15 is 0 Å². The summed E-state index contributed by atoms with van der Waals surface area (Å²) < 4.78 is 5.78. The Labute approximate surface area is 147 Å². The molecule has 2 aromatic rings. The SMILES string of the molecule is CCNc1cc(Oc2cccc(N(C(=O)O)C(C)(C)C)c2)ncc1N. The van der Waals surface area contributed by atoms with Crippen LogP contribution in [-0.2, 0) is 0 Å². The van der Waals surface area contributed by atoms with E-state index in [1.807, 2.05) is 27.7 Å². The van der Waals surface area contributed by atoms with Crippen LogP contribution in [0, 0.1) is 0 Å². The molecule has 7 nitrogen and oxygen atoms in total. The van der Waals surface area contributed by atoms with Crippen LogP contribution in [0.1, 0.15) is 27.7 Å². The Morgan fingerprint density at radius 1 is 1.36 bits per heavy atom. The van der Waals surface area contributed by atoms with Crippen molar-refractivity contribution in [2.45, 2.75) is 33.2 Å². The van der Waals surface area contributed by atoms with Crippen LogP contribution < -0.4 is 20.7 Å². The average Bonchev–Trinajstić information content (AvgIpc) is 2.49. The lowest BCUT2D eigenvalue weighted by molar-refractivity contribution is 0.195. The molecule has 1 heterocycles. The zero-order valence-corrected chi connectivity index (χ0v) is 14.9. The molecule has 0 aliphatic heterocycles. The van der Waals surface area contributed by atoms with Gasteiger partial charge in [0.05, 0.1) is 23.3 Å². The summed E-state index contributed by atoms with van der Waals surface area (Å²) in [5.41, 5.74) is 7.08. The molecule has 0 aliphatic carbocycles. The van der Waals surface area contributed by atoms with Gasteiger partial charge in [-0.05, 0) is 39.8 Å². The Kier molecular flexibility index (Phi) is 5.36. The number of nitrogens with zero attached hydrogens (tertiary/aromatic N) is 2. The van der Waals surface area contributed by atoms with Gasteiger partial charge in [-0.15, -0.1) is 0 Å². The van der Waals surface area contributed by atoms with Gasteiger partial charge < -0.3 is 20.9 Å². The van der Waals surface area contributed by atoms with Crippen molar-refractivity contribution in [1.82, 2.24) is 4.98 Å². The van der Waals surface area contributed by atoms with E-state index in [9.17, 15) is 9.90 Å². The molecule has 1 aromatic heterocycles. The van der Waals surface area contributed by atoms with Gasteiger partial charge in [-0.1, -0.05) is 6.07 Å². The third-order valence-corrected chi connectivity index (χ3v) is 3.44. The third kappa shape index (κ3) is 4.53. The fourth-order valence-corrected chi connectivity index (χ4v) is 2.44. The number of aromatic nitrogens is 1. The molecule has 0 saturated heterocycles. The van der Waals surface area contributed by atoms with Crippen molar-refractivity contribution < 1.29 is 14.6 Å². The predicted molar refractivity (Wildman–Crippen MR) is 99.6 cm³/mol. The van der Waals surface area contributed by atoms with E-state index in [-0.39, 0.29) is 0 Å². The molecule has 0 bridgehead atoms. The topological polar surface area (TPSA) is 101 Å². The second-order valence-corrected chi connectivity index (χ2v) is 6.53. The Morgan fingerprint density at radius 3 is 2.68 bits per heavy atom. The molecule has 0 radical (unpaired) electrons. The van der Waals surface area contributed by atoms with Gasteiger partial charge in [-0.3, -0.25) is 4.90 Å². The highest BCUT2D eigenvalue weighted by Crippen LogP contribution is 2.30. The van der Waals surface area contributed by atoms with Crippen LogP contribution in [0.4, 0.5) is 21.9 Å². The molecule has 1 amide bonds. The predicted octanol–water partition coefficient (Wildman–Crippen LogP) is 4.17. The fourth-order valence-electron chi connectivity index (χ4n) is 2.44. The van der Waals surface area contributed by atoms with Crippen LogP contribution in [0.15, 0.2) is 36.5 Å². The number of ether oxygens (including phenoxy) is 1. The molecule has 0 fully saturated rings. The normalized spacial score (nSPS) is 11.0. The van der Waals surface area contributed by atoms with Gasteiger partial charge in [0.1, 0.15) is 5.75 Å². The first-order valence-electron chi connectivity index (χ1n) is 8.03. The van der Waals surface area contributed by atoms with E-state index in [1.54, 1.807) is 30.3 Å². The third-order valence-electron chi connectivity index (χ3n) is 3.44. The van der Waals surface area contributed by atoms with Gasteiger partial charge >= 0.3 is 6.09 Å². The molecule has 4 N–H and O–H groups in total. The summed E-state index contributed by atoms with van der Waals surface area (Å²) in [5, 5.41) is 12.7. The van der Waals surface area contributed by atoms with Crippen molar-refractivity contribution >= 4 is 23.2 Å². The fraction of sp³-hybridized carbons (Fsp3) is 0.333. The minimum Gasteiger partial charge on any atom is -0.465 e. The van der Waals surface area contributed by atoms with E-state index in [2.05, 4.69) is 10.3 Å². The Hall–Kier alpha value is -2.96. The van der Waals surface area contributed by atoms with E-state index < -0.39 is 11.6 Å². The second kappa shape index (κ2) is 7.29. The summed E-state index contributed by atoms with van der Waals surface area (Å²) in [6, 6.07) is 8.60. The Morgan fingerprint density at radius 2 is 2.08 bits per heavy atom. The number of nitrogens with one attached hydrogen (secondary N) is 1. The van der Waals surface area contributed by atoms with Crippen LogP contribution in [0.5, 0.6) is 11.6 Å². The highest BCUT2D eigenvalue weighted by molar-refractivity contribution is 5.87. The number of benzene rings is 1. The summed E-state index contributed by atoms with van der Waals surface area (Å²) in [6.45, 7) is 8.19. The molecule has 134 valence electrons. The maximum atomic E-state index is 11.6. The zero-order chi connectivity index (χ0) is 18.6. The van der Waals surface area contributed by atoms with E-state index in [0.717, 1.165) is 12.2 Å². The lowest BCUT2D eigenvalue weighted by Gasteiger charge is -2.33. The first kappa shape index (κ1) is 18.4. The second-order valence-electron chi connectivity index (χ2n) is 6.53. The number of carbonyl (C=O) groups is 1. The Balaban J connectivity index is 2.30. The first-order valence-corrected chi connectivity index (χ1v) is 8.03. The summed E-state index contributed by atoms with van der Waals surface area (Å²) in [6.07, 6.45) is 0.500. The van der Waals surface area contributed by atoms with Gasteiger partial charge in [0, 0.05) is 24.2 Å². The quantitative estimate of drug-likeness (QED) is 0.752. The van der Waals surface area contributed by atoms with Crippen molar-refractivity contribution in [3.8, 4) is 11.6 Å². The summed E-state index contributed by atoms with van der Waals surface area (Å²) in [7, 11) is 0. The largest absolute Gasteiger partial charge is 0.465 e. The van der Waals surface area contributed by atoms with Gasteiger partial charge in [0.15, 0.2) is 0 Å². The lowest BCUT2D eigenvalue weighted by Crippen LogP contribution is -2.45. The van der Waals surface area contributed by atoms with Crippen molar-refractivity contribution in [1.29, 1.82) is 0 Å². The van der Waals surface area contributed by atoms with Crippen LogP contribution in [0.25, 0.3) is 0 Å². The number of hydrogen-bond acceptors (Lipinski definition) is 5. The van der Waals surface area contributed by atoms with Crippen molar-refractivity contribution in [3.63, 3.8) is 0 Å². The maximum absolute atomic E-state index is 11.6. The number of pyridine rings is 1. The minimum absolute atomic E-state index is 0.375. The van der Waals surface area contributed by atoms with Crippen LogP contribution in [0.3, 0.4) is 0 Å². The van der Waals surface area contributed by atoms with Gasteiger partial charge in [-0.2, -0.15) is 0 Å². The number of nitrogens with two attached hydrogens (primary N) is 1. The highest BCUT2D eigenvalue weighted by Gasteiger charge is 2.28. The molecule has 7 heteroatoms. The Bertz CT molecular complexity index is 756. The van der Waals surface area contributed by atoms with Crippen LogP contribution in [0.2, 0.25) is 0 Å². The molecular weight excluding hydrogens is 320 g/mol. The summed E-state index contributed by atoms with van der Waals surface area (Å²) >= 11 is 0. The zero-order valence-electron chi connectivity index (χ0n) is 14.9. The molecule has 2 rings (SSSR count). The van der Waals surface area contributed by atoms with E-state index in [0.29, 0.717) is 23.0 Å². The van der Waals surface area contributed by atoms with Crippen LogP contribution in [-0.4, -0.2) is 28.3 Å².